The highest BCUT2D eigenvalue weighted by Gasteiger charge is 2.37. The van der Waals surface area contributed by atoms with E-state index in [0.29, 0.717) is 43.9 Å². The number of carbonyl (C=O) groups excluding carboxylic acids is 2. The summed E-state index contributed by atoms with van der Waals surface area (Å²) in [6, 6.07) is 0. The van der Waals surface area contributed by atoms with E-state index in [9.17, 15) is 9.59 Å². The maximum Gasteiger partial charge on any atom is 0.222 e. The number of amides is 2. The SMILES string of the molecule is CC(=O)N1CCN(C(=O)CC[C@@H]2[C@@H](C)CCCC2(C)C)CC1. The van der Waals surface area contributed by atoms with Crippen molar-refractivity contribution < 1.29 is 9.59 Å². The molecular weight excluding hydrogens is 276 g/mol. The Balaban J connectivity index is 1.81. The van der Waals surface area contributed by atoms with E-state index >= 15 is 0 Å². The molecule has 4 heteroatoms. The van der Waals surface area contributed by atoms with Crippen LogP contribution in [0.15, 0.2) is 0 Å². The molecule has 0 bridgehead atoms. The van der Waals surface area contributed by atoms with Crippen LogP contribution >= 0.6 is 0 Å². The second-order valence-electron chi connectivity index (χ2n) is 7.89. The summed E-state index contributed by atoms with van der Waals surface area (Å²) in [5, 5.41) is 0. The minimum absolute atomic E-state index is 0.116. The molecule has 0 aromatic rings. The topological polar surface area (TPSA) is 40.6 Å². The minimum atomic E-state index is 0.116. The number of hydrogen-bond donors (Lipinski definition) is 0. The van der Waals surface area contributed by atoms with Gasteiger partial charge in [-0.2, -0.15) is 0 Å². The summed E-state index contributed by atoms with van der Waals surface area (Å²) in [7, 11) is 0. The zero-order chi connectivity index (χ0) is 16.3. The number of nitrogens with zero attached hydrogens (tertiary/aromatic N) is 2. The molecule has 1 heterocycles. The lowest BCUT2D eigenvalue weighted by atomic mass is 9.62. The molecule has 1 saturated heterocycles. The molecule has 22 heavy (non-hydrogen) atoms. The molecule has 0 spiro atoms. The summed E-state index contributed by atoms with van der Waals surface area (Å²) in [5.74, 6) is 1.77. The van der Waals surface area contributed by atoms with Gasteiger partial charge in [-0.25, -0.2) is 0 Å². The molecule has 2 aliphatic rings. The van der Waals surface area contributed by atoms with Gasteiger partial charge in [0.1, 0.15) is 0 Å². The van der Waals surface area contributed by atoms with Gasteiger partial charge in [0.2, 0.25) is 11.8 Å². The van der Waals surface area contributed by atoms with Crippen molar-refractivity contribution in [2.45, 2.75) is 59.8 Å². The summed E-state index contributed by atoms with van der Waals surface area (Å²) in [6.07, 6.45) is 5.59. The number of rotatable bonds is 3. The zero-order valence-corrected chi connectivity index (χ0v) is 14.7. The van der Waals surface area contributed by atoms with E-state index in [1.807, 2.05) is 9.80 Å². The molecule has 0 unspecified atom stereocenters. The van der Waals surface area contributed by atoms with Gasteiger partial charge >= 0.3 is 0 Å². The second kappa shape index (κ2) is 7.01. The predicted octanol–water partition coefficient (Wildman–Crippen LogP) is 2.92. The average molecular weight is 308 g/mol. The summed E-state index contributed by atoms with van der Waals surface area (Å²) < 4.78 is 0. The average Bonchev–Trinajstić information content (AvgIpc) is 2.46. The summed E-state index contributed by atoms with van der Waals surface area (Å²) >= 11 is 0. The van der Waals surface area contributed by atoms with E-state index < -0.39 is 0 Å². The Morgan fingerprint density at radius 1 is 1.09 bits per heavy atom. The third-order valence-corrected chi connectivity index (χ3v) is 5.92. The Labute approximate surface area is 135 Å². The highest BCUT2D eigenvalue weighted by Crippen LogP contribution is 2.46. The van der Waals surface area contributed by atoms with Gasteiger partial charge in [0, 0.05) is 39.5 Å². The van der Waals surface area contributed by atoms with E-state index in [4.69, 9.17) is 0 Å². The highest BCUT2D eigenvalue weighted by molar-refractivity contribution is 5.77. The monoisotopic (exact) mass is 308 g/mol. The second-order valence-corrected chi connectivity index (χ2v) is 7.89. The van der Waals surface area contributed by atoms with Gasteiger partial charge < -0.3 is 9.80 Å². The highest BCUT2D eigenvalue weighted by atomic mass is 16.2. The van der Waals surface area contributed by atoms with Crippen LogP contribution in [0.4, 0.5) is 0 Å². The van der Waals surface area contributed by atoms with E-state index in [2.05, 4.69) is 20.8 Å². The first-order valence-corrected chi connectivity index (χ1v) is 8.84. The number of carbonyl (C=O) groups is 2. The Morgan fingerprint density at radius 2 is 1.68 bits per heavy atom. The first-order valence-electron chi connectivity index (χ1n) is 8.84. The third kappa shape index (κ3) is 4.02. The van der Waals surface area contributed by atoms with Gasteiger partial charge in [0.05, 0.1) is 0 Å². The van der Waals surface area contributed by atoms with Gasteiger partial charge in [-0.05, 0) is 30.1 Å². The lowest BCUT2D eigenvalue weighted by molar-refractivity contribution is -0.138. The fraction of sp³-hybridized carbons (Fsp3) is 0.889. The molecular formula is C18H32N2O2. The largest absolute Gasteiger partial charge is 0.339 e. The smallest absolute Gasteiger partial charge is 0.222 e. The summed E-state index contributed by atoms with van der Waals surface area (Å²) in [6.45, 7) is 11.4. The maximum atomic E-state index is 12.5. The zero-order valence-electron chi connectivity index (χ0n) is 14.7. The van der Waals surface area contributed by atoms with E-state index in [-0.39, 0.29) is 11.8 Å². The van der Waals surface area contributed by atoms with E-state index in [1.54, 1.807) is 6.92 Å². The molecule has 0 N–H and O–H groups in total. The third-order valence-electron chi connectivity index (χ3n) is 5.92. The fourth-order valence-corrected chi connectivity index (χ4v) is 4.42. The van der Waals surface area contributed by atoms with Crippen molar-refractivity contribution in [3.05, 3.63) is 0 Å². The van der Waals surface area contributed by atoms with Crippen LogP contribution in [0.3, 0.4) is 0 Å². The van der Waals surface area contributed by atoms with Gasteiger partial charge in [-0.3, -0.25) is 9.59 Å². The molecule has 0 aromatic heterocycles. The number of piperazine rings is 1. The van der Waals surface area contributed by atoms with Crippen molar-refractivity contribution in [1.29, 1.82) is 0 Å². The molecule has 0 aromatic carbocycles. The van der Waals surface area contributed by atoms with Gasteiger partial charge in [-0.1, -0.05) is 33.6 Å². The molecule has 1 aliphatic heterocycles. The lowest BCUT2D eigenvalue weighted by Gasteiger charge is -2.43. The van der Waals surface area contributed by atoms with Crippen LogP contribution in [-0.2, 0) is 9.59 Å². The molecule has 1 saturated carbocycles. The quantitative estimate of drug-likeness (QED) is 0.804. The van der Waals surface area contributed by atoms with Crippen molar-refractivity contribution in [2.75, 3.05) is 26.2 Å². The maximum absolute atomic E-state index is 12.5. The molecule has 126 valence electrons. The van der Waals surface area contributed by atoms with E-state index in [1.165, 1.54) is 19.3 Å². The Hall–Kier alpha value is -1.06. The van der Waals surface area contributed by atoms with Crippen LogP contribution < -0.4 is 0 Å². The Morgan fingerprint density at radius 3 is 2.23 bits per heavy atom. The van der Waals surface area contributed by atoms with Crippen molar-refractivity contribution in [2.24, 2.45) is 17.3 Å². The Bertz CT molecular complexity index is 411. The summed E-state index contributed by atoms with van der Waals surface area (Å²) in [5.41, 5.74) is 0.366. The van der Waals surface area contributed by atoms with Gasteiger partial charge in [0.25, 0.3) is 0 Å². The molecule has 0 radical (unpaired) electrons. The van der Waals surface area contributed by atoms with Crippen LogP contribution in [0.2, 0.25) is 0 Å². The van der Waals surface area contributed by atoms with Gasteiger partial charge in [-0.15, -0.1) is 0 Å². The van der Waals surface area contributed by atoms with Crippen LogP contribution in [-0.4, -0.2) is 47.8 Å². The molecule has 2 fully saturated rings. The standard InChI is InChI=1S/C18H32N2O2/c1-14-6-5-9-18(3,4)16(14)7-8-17(22)20-12-10-19(11-13-20)15(2)21/h14,16H,5-13H2,1-4H3/t14-,16+/m0/s1. The van der Waals surface area contributed by atoms with Crippen molar-refractivity contribution >= 4 is 11.8 Å². The molecule has 2 atom stereocenters. The number of hydrogen-bond acceptors (Lipinski definition) is 2. The van der Waals surface area contributed by atoms with Crippen molar-refractivity contribution in [3.8, 4) is 0 Å². The lowest BCUT2D eigenvalue weighted by Crippen LogP contribution is -2.50. The van der Waals surface area contributed by atoms with Crippen molar-refractivity contribution in [3.63, 3.8) is 0 Å². The van der Waals surface area contributed by atoms with Gasteiger partial charge in [0.15, 0.2) is 0 Å². The normalized spacial score (nSPS) is 28.5. The first kappa shape index (κ1) is 17.3. The molecule has 2 rings (SSSR count). The first-order chi connectivity index (χ1) is 10.3. The molecule has 2 amide bonds. The van der Waals surface area contributed by atoms with E-state index in [0.717, 1.165) is 12.3 Å². The van der Waals surface area contributed by atoms with Crippen molar-refractivity contribution in [1.82, 2.24) is 9.80 Å². The minimum Gasteiger partial charge on any atom is -0.339 e. The van der Waals surface area contributed by atoms with Crippen LogP contribution in [0.5, 0.6) is 0 Å². The predicted molar refractivity (Wildman–Crippen MR) is 88.4 cm³/mol. The van der Waals surface area contributed by atoms with Crippen LogP contribution in [0.1, 0.15) is 59.8 Å². The molecule has 1 aliphatic carbocycles. The molecule has 4 nitrogen and oxygen atoms in total. The summed E-state index contributed by atoms with van der Waals surface area (Å²) in [4.78, 5) is 27.6. The Kier molecular flexibility index (Phi) is 5.51. The fourth-order valence-electron chi connectivity index (χ4n) is 4.42. The van der Waals surface area contributed by atoms with Crippen LogP contribution in [0, 0.1) is 17.3 Å². The van der Waals surface area contributed by atoms with Crippen LogP contribution in [0.25, 0.3) is 0 Å².